The second-order valence-corrected chi connectivity index (χ2v) is 6.02. The van der Waals surface area contributed by atoms with Crippen LogP contribution in [0.3, 0.4) is 0 Å². The van der Waals surface area contributed by atoms with Crippen LogP contribution in [-0.2, 0) is 0 Å². The van der Waals surface area contributed by atoms with Crippen molar-refractivity contribution in [3.8, 4) is 0 Å². The number of halogens is 1. The Bertz CT molecular complexity index is 477. The Labute approximate surface area is 114 Å². The van der Waals surface area contributed by atoms with E-state index in [2.05, 4.69) is 47.2 Å². The van der Waals surface area contributed by atoms with Gasteiger partial charge in [0.05, 0.1) is 12.3 Å². The van der Waals surface area contributed by atoms with Gasteiger partial charge in [-0.3, -0.25) is 0 Å². The molecule has 1 unspecified atom stereocenters. The van der Waals surface area contributed by atoms with Gasteiger partial charge in [-0.2, -0.15) is 0 Å². The quantitative estimate of drug-likeness (QED) is 0.879. The first kappa shape index (κ1) is 12.9. The second kappa shape index (κ2) is 5.85. The Morgan fingerprint density at radius 3 is 2.76 bits per heavy atom. The monoisotopic (exact) mass is 313 g/mol. The Balaban J connectivity index is 2.28. The summed E-state index contributed by atoms with van der Waals surface area (Å²) in [4.78, 5) is 2.67. The summed E-state index contributed by atoms with van der Waals surface area (Å²) in [5, 5.41) is 3.56. The zero-order chi connectivity index (χ0) is 12.3. The predicted molar refractivity (Wildman–Crippen MR) is 75.6 cm³/mol. The maximum atomic E-state index is 5.34. The average Bonchev–Trinajstić information content (AvgIpc) is 2.90. The molecule has 0 aliphatic rings. The van der Waals surface area contributed by atoms with Gasteiger partial charge in [-0.1, -0.05) is 6.92 Å². The van der Waals surface area contributed by atoms with Gasteiger partial charge in [0.15, 0.2) is 4.67 Å². The van der Waals surface area contributed by atoms with Gasteiger partial charge < -0.3 is 9.73 Å². The van der Waals surface area contributed by atoms with Crippen molar-refractivity contribution in [2.45, 2.75) is 26.3 Å². The molecule has 0 radical (unpaired) electrons. The lowest BCUT2D eigenvalue weighted by molar-refractivity contribution is 0.525. The summed E-state index contributed by atoms with van der Waals surface area (Å²) in [5.74, 6) is 0. The summed E-state index contributed by atoms with van der Waals surface area (Å²) in [6, 6.07) is 6.59. The molecule has 0 saturated heterocycles. The average molecular weight is 314 g/mol. The third kappa shape index (κ3) is 3.00. The molecule has 0 aromatic carbocycles. The molecule has 2 heterocycles. The fourth-order valence-electron chi connectivity index (χ4n) is 1.77. The van der Waals surface area contributed by atoms with E-state index in [1.54, 1.807) is 6.26 Å². The molecule has 92 valence electrons. The van der Waals surface area contributed by atoms with Crippen molar-refractivity contribution in [3.05, 3.63) is 44.4 Å². The highest BCUT2D eigenvalue weighted by Gasteiger charge is 2.19. The van der Waals surface area contributed by atoms with Gasteiger partial charge in [0.2, 0.25) is 0 Å². The minimum absolute atomic E-state index is 0.224. The molecule has 2 nitrogen and oxygen atoms in total. The summed E-state index contributed by atoms with van der Waals surface area (Å²) < 4.78 is 6.15. The van der Waals surface area contributed by atoms with Crippen LogP contribution in [0.2, 0.25) is 0 Å². The molecule has 2 rings (SSSR count). The summed E-state index contributed by atoms with van der Waals surface area (Å²) in [6.45, 7) is 5.31. The summed E-state index contributed by atoms with van der Waals surface area (Å²) in [5.41, 5.74) is 1.17. The number of hydrogen-bond donors (Lipinski definition) is 1. The topological polar surface area (TPSA) is 25.2 Å². The lowest BCUT2D eigenvalue weighted by Gasteiger charge is -2.16. The highest BCUT2D eigenvalue weighted by molar-refractivity contribution is 9.10. The van der Waals surface area contributed by atoms with E-state index in [1.807, 2.05) is 17.4 Å². The molecule has 0 aliphatic carbocycles. The lowest BCUT2D eigenvalue weighted by Crippen LogP contribution is -2.22. The molecule has 1 atom stereocenters. The van der Waals surface area contributed by atoms with Crippen LogP contribution in [0, 0.1) is 6.92 Å². The van der Waals surface area contributed by atoms with Crippen molar-refractivity contribution in [2.75, 3.05) is 6.54 Å². The Morgan fingerprint density at radius 1 is 1.41 bits per heavy atom. The van der Waals surface area contributed by atoms with Gasteiger partial charge in [-0.05, 0) is 54.0 Å². The Morgan fingerprint density at radius 2 is 2.24 bits per heavy atom. The fourth-order valence-corrected chi connectivity index (χ4v) is 3.21. The summed E-state index contributed by atoms with van der Waals surface area (Å²) in [6.07, 6.45) is 2.84. The van der Waals surface area contributed by atoms with Gasteiger partial charge in [-0.15, -0.1) is 11.3 Å². The van der Waals surface area contributed by atoms with E-state index in [-0.39, 0.29) is 6.04 Å². The van der Waals surface area contributed by atoms with Crippen LogP contribution in [0.5, 0.6) is 0 Å². The van der Waals surface area contributed by atoms with E-state index in [9.17, 15) is 0 Å². The van der Waals surface area contributed by atoms with Crippen LogP contribution in [0.1, 0.15) is 34.7 Å². The smallest absolute Gasteiger partial charge is 0.174 e. The van der Waals surface area contributed by atoms with E-state index >= 15 is 0 Å². The van der Waals surface area contributed by atoms with Crippen LogP contribution < -0.4 is 5.32 Å². The van der Waals surface area contributed by atoms with Gasteiger partial charge in [0.1, 0.15) is 0 Å². The molecule has 17 heavy (non-hydrogen) atoms. The number of furan rings is 1. The second-order valence-electron chi connectivity index (χ2n) is 3.99. The number of thiophene rings is 1. The lowest BCUT2D eigenvalue weighted by atomic mass is 10.1. The molecular formula is C13H16BrNOS. The van der Waals surface area contributed by atoms with E-state index in [4.69, 9.17) is 4.42 Å². The number of hydrogen-bond acceptors (Lipinski definition) is 3. The molecule has 0 saturated carbocycles. The minimum atomic E-state index is 0.224. The van der Waals surface area contributed by atoms with Crippen molar-refractivity contribution in [1.29, 1.82) is 0 Å². The molecule has 0 amide bonds. The molecule has 0 spiro atoms. The number of rotatable bonds is 5. The van der Waals surface area contributed by atoms with Crippen LogP contribution >= 0.6 is 27.3 Å². The van der Waals surface area contributed by atoms with Gasteiger partial charge in [0.25, 0.3) is 0 Å². The molecule has 4 heteroatoms. The molecule has 2 aromatic rings. The van der Waals surface area contributed by atoms with E-state index in [0.29, 0.717) is 0 Å². The van der Waals surface area contributed by atoms with Crippen LogP contribution in [-0.4, -0.2) is 6.54 Å². The zero-order valence-corrected chi connectivity index (χ0v) is 12.4. The summed E-state index contributed by atoms with van der Waals surface area (Å²) >= 11 is 5.29. The Hall–Kier alpha value is -0.580. The van der Waals surface area contributed by atoms with E-state index < -0.39 is 0 Å². The van der Waals surface area contributed by atoms with Crippen molar-refractivity contribution in [1.82, 2.24) is 5.32 Å². The molecule has 2 aromatic heterocycles. The maximum Gasteiger partial charge on any atom is 0.174 e. The third-order valence-corrected chi connectivity index (χ3v) is 4.31. The van der Waals surface area contributed by atoms with Crippen molar-refractivity contribution < 1.29 is 4.42 Å². The van der Waals surface area contributed by atoms with Gasteiger partial charge in [0, 0.05) is 15.3 Å². The van der Waals surface area contributed by atoms with E-state index in [0.717, 1.165) is 17.6 Å². The highest BCUT2D eigenvalue weighted by atomic mass is 79.9. The van der Waals surface area contributed by atoms with E-state index in [1.165, 1.54) is 15.3 Å². The molecular weight excluding hydrogens is 298 g/mol. The Kier molecular flexibility index (Phi) is 4.42. The van der Waals surface area contributed by atoms with Crippen molar-refractivity contribution >= 4 is 27.3 Å². The van der Waals surface area contributed by atoms with Crippen LogP contribution in [0.15, 0.2) is 33.5 Å². The molecule has 0 aliphatic heterocycles. The largest absolute Gasteiger partial charge is 0.457 e. The zero-order valence-electron chi connectivity index (χ0n) is 10.00. The molecule has 0 fully saturated rings. The predicted octanol–water partition coefficient (Wildman–Crippen LogP) is 4.50. The first-order valence-corrected chi connectivity index (χ1v) is 7.36. The fraction of sp³-hybridized carbons (Fsp3) is 0.385. The first-order chi connectivity index (χ1) is 8.22. The van der Waals surface area contributed by atoms with Gasteiger partial charge >= 0.3 is 0 Å². The highest BCUT2D eigenvalue weighted by Crippen LogP contribution is 2.33. The third-order valence-electron chi connectivity index (χ3n) is 2.60. The van der Waals surface area contributed by atoms with Crippen LogP contribution in [0.4, 0.5) is 0 Å². The molecule has 1 N–H and O–H groups in total. The molecule has 0 bridgehead atoms. The first-order valence-electron chi connectivity index (χ1n) is 5.75. The van der Waals surface area contributed by atoms with Crippen LogP contribution in [0.25, 0.3) is 0 Å². The number of aryl methyl sites for hydroxylation is 1. The van der Waals surface area contributed by atoms with Crippen molar-refractivity contribution in [2.24, 2.45) is 0 Å². The maximum absolute atomic E-state index is 5.34. The number of nitrogens with one attached hydrogen (secondary N) is 1. The minimum Gasteiger partial charge on any atom is -0.457 e. The normalized spacial score (nSPS) is 12.9. The van der Waals surface area contributed by atoms with Gasteiger partial charge in [-0.25, -0.2) is 0 Å². The standard InChI is InChI=1S/C13H16BrNOS/c1-3-7-15-12(10-6-8-16-13(10)14)11-5-4-9(2)17-11/h4-6,8,12,15H,3,7H2,1-2H3. The SMILES string of the molecule is CCCNC(c1ccc(C)s1)c1ccoc1Br. The summed E-state index contributed by atoms with van der Waals surface area (Å²) in [7, 11) is 0. The van der Waals surface area contributed by atoms with Crippen molar-refractivity contribution in [3.63, 3.8) is 0 Å².